The van der Waals surface area contributed by atoms with Crippen molar-refractivity contribution in [3.63, 3.8) is 0 Å². The van der Waals surface area contributed by atoms with Crippen LogP contribution in [0.5, 0.6) is 0 Å². The number of carbonyl (C=O) groups excluding carboxylic acids is 1. The molecule has 74 valence electrons. The van der Waals surface area contributed by atoms with Crippen LogP contribution in [0.25, 0.3) is 0 Å². The van der Waals surface area contributed by atoms with Crippen molar-refractivity contribution in [3.05, 3.63) is 24.3 Å². The summed E-state index contributed by atoms with van der Waals surface area (Å²) in [6.07, 6.45) is 10.6. The summed E-state index contributed by atoms with van der Waals surface area (Å²) in [6.45, 7) is 4.26. The van der Waals surface area contributed by atoms with Gasteiger partial charge in [0.2, 0.25) is 0 Å². The zero-order valence-corrected chi connectivity index (χ0v) is 8.45. The Morgan fingerprint density at radius 1 is 1.31 bits per heavy atom. The number of hydrogen-bond donors (Lipinski definition) is 0. The van der Waals surface area contributed by atoms with E-state index in [0.717, 1.165) is 19.3 Å². The van der Waals surface area contributed by atoms with Gasteiger partial charge in [-0.25, -0.2) is 4.79 Å². The first-order valence-corrected chi connectivity index (χ1v) is 4.75. The Morgan fingerprint density at radius 2 is 2.00 bits per heavy atom. The monoisotopic (exact) mass is 182 g/mol. The Balaban J connectivity index is 3.35. The van der Waals surface area contributed by atoms with Gasteiger partial charge in [-0.05, 0) is 33.1 Å². The summed E-state index contributed by atoms with van der Waals surface area (Å²) < 4.78 is 4.73. The highest BCUT2D eigenvalue weighted by Crippen LogP contribution is 1.97. The molecule has 0 aromatic carbocycles. The van der Waals surface area contributed by atoms with Gasteiger partial charge >= 0.3 is 5.97 Å². The molecule has 0 aromatic rings. The third kappa shape index (κ3) is 8.86. The standard InChI is InChI=1S/C11H18O2/c1-3-5-6-7-8-9-10-11(12)13-4-2/h3,5,9-10H,4,6-8H2,1-2H3. The molecule has 0 bridgehead atoms. The maximum atomic E-state index is 10.8. The highest BCUT2D eigenvalue weighted by Gasteiger charge is 1.91. The van der Waals surface area contributed by atoms with Gasteiger partial charge in [-0.3, -0.25) is 0 Å². The second-order valence-corrected chi connectivity index (χ2v) is 2.65. The number of hydrogen-bond acceptors (Lipinski definition) is 2. The van der Waals surface area contributed by atoms with Gasteiger partial charge in [0.25, 0.3) is 0 Å². The van der Waals surface area contributed by atoms with E-state index in [1.54, 1.807) is 6.92 Å². The third-order valence-corrected chi connectivity index (χ3v) is 1.52. The van der Waals surface area contributed by atoms with Gasteiger partial charge in [0, 0.05) is 6.08 Å². The van der Waals surface area contributed by atoms with Crippen molar-refractivity contribution in [2.75, 3.05) is 6.61 Å². The Hall–Kier alpha value is -1.05. The minimum atomic E-state index is -0.242. The molecule has 2 heteroatoms. The normalized spacial score (nSPS) is 11.2. The fourth-order valence-electron chi connectivity index (χ4n) is 0.890. The quantitative estimate of drug-likeness (QED) is 0.273. The largest absolute Gasteiger partial charge is 0.463 e. The van der Waals surface area contributed by atoms with Crippen LogP contribution in [-0.4, -0.2) is 12.6 Å². The van der Waals surface area contributed by atoms with Crippen molar-refractivity contribution in [2.45, 2.75) is 33.1 Å². The lowest BCUT2D eigenvalue weighted by atomic mass is 10.2. The molecular weight excluding hydrogens is 164 g/mol. The van der Waals surface area contributed by atoms with E-state index in [-0.39, 0.29) is 5.97 Å². The maximum Gasteiger partial charge on any atom is 0.330 e. The summed E-state index contributed by atoms with van der Waals surface area (Å²) in [7, 11) is 0. The van der Waals surface area contributed by atoms with Crippen molar-refractivity contribution in [1.29, 1.82) is 0 Å². The van der Waals surface area contributed by atoms with Crippen LogP contribution in [0, 0.1) is 0 Å². The van der Waals surface area contributed by atoms with Gasteiger partial charge in [0.15, 0.2) is 0 Å². The molecule has 0 unspecified atom stereocenters. The van der Waals surface area contributed by atoms with Crippen molar-refractivity contribution in [1.82, 2.24) is 0 Å². The Labute approximate surface area is 80.3 Å². The van der Waals surface area contributed by atoms with Gasteiger partial charge in [0.05, 0.1) is 6.61 Å². The van der Waals surface area contributed by atoms with E-state index in [1.165, 1.54) is 6.08 Å². The third-order valence-electron chi connectivity index (χ3n) is 1.52. The molecule has 0 saturated heterocycles. The molecule has 0 saturated carbocycles. The molecule has 0 N–H and O–H groups in total. The summed E-state index contributed by atoms with van der Waals surface area (Å²) in [4.78, 5) is 10.8. The Morgan fingerprint density at radius 3 is 2.62 bits per heavy atom. The van der Waals surface area contributed by atoms with Gasteiger partial charge in [-0.15, -0.1) is 0 Å². The molecule has 0 spiro atoms. The lowest BCUT2D eigenvalue weighted by Gasteiger charge is -1.94. The zero-order valence-electron chi connectivity index (χ0n) is 8.45. The van der Waals surface area contributed by atoms with Gasteiger partial charge in [-0.2, -0.15) is 0 Å². The molecule has 0 aliphatic carbocycles. The number of unbranched alkanes of at least 4 members (excludes halogenated alkanes) is 2. The predicted molar refractivity (Wildman–Crippen MR) is 54.4 cm³/mol. The van der Waals surface area contributed by atoms with Crippen molar-refractivity contribution >= 4 is 5.97 Å². The average Bonchev–Trinajstić information content (AvgIpc) is 2.11. The lowest BCUT2D eigenvalue weighted by molar-refractivity contribution is -0.137. The maximum absolute atomic E-state index is 10.8. The van der Waals surface area contributed by atoms with Crippen LogP contribution in [-0.2, 0) is 9.53 Å². The highest BCUT2D eigenvalue weighted by molar-refractivity contribution is 5.81. The molecule has 2 nitrogen and oxygen atoms in total. The van der Waals surface area contributed by atoms with Crippen LogP contribution in [0.15, 0.2) is 24.3 Å². The van der Waals surface area contributed by atoms with E-state index >= 15 is 0 Å². The number of esters is 1. The summed E-state index contributed by atoms with van der Waals surface area (Å²) in [5, 5.41) is 0. The van der Waals surface area contributed by atoms with E-state index in [1.807, 2.05) is 19.1 Å². The molecular formula is C11H18O2. The van der Waals surface area contributed by atoms with Crippen molar-refractivity contribution in [2.24, 2.45) is 0 Å². The lowest BCUT2D eigenvalue weighted by Crippen LogP contribution is -1.98. The van der Waals surface area contributed by atoms with E-state index in [9.17, 15) is 4.79 Å². The van der Waals surface area contributed by atoms with Crippen molar-refractivity contribution in [3.8, 4) is 0 Å². The molecule has 0 radical (unpaired) electrons. The van der Waals surface area contributed by atoms with E-state index < -0.39 is 0 Å². The molecule has 0 rings (SSSR count). The SMILES string of the molecule is CC=CCCCC=CC(=O)OCC. The van der Waals surface area contributed by atoms with Gasteiger partial charge in [0.1, 0.15) is 0 Å². The van der Waals surface area contributed by atoms with Crippen LogP contribution < -0.4 is 0 Å². The summed E-state index contributed by atoms with van der Waals surface area (Å²) in [5.41, 5.74) is 0. The molecule has 0 amide bonds. The summed E-state index contributed by atoms with van der Waals surface area (Å²) in [6, 6.07) is 0. The predicted octanol–water partition coefficient (Wildman–Crippen LogP) is 2.85. The Kier molecular flexibility index (Phi) is 8.31. The van der Waals surface area contributed by atoms with Gasteiger partial charge in [-0.1, -0.05) is 18.2 Å². The van der Waals surface area contributed by atoms with Crippen molar-refractivity contribution < 1.29 is 9.53 Å². The fourth-order valence-corrected chi connectivity index (χ4v) is 0.890. The fraction of sp³-hybridized carbons (Fsp3) is 0.545. The Bertz CT molecular complexity index is 181. The van der Waals surface area contributed by atoms with E-state index in [4.69, 9.17) is 4.74 Å². The average molecular weight is 182 g/mol. The van der Waals surface area contributed by atoms with Crippen LogP contribution in [0.4, 0.5) is 0 Å². The summed E-state index contributed by atoms with van der Waals surface area (Å²) >= 11 is 0. The minimum Gasteiger partial charge on any atom is -0.463 e. The molecule has 0 aliphatic rings. The molecule has 0 aromatic heterocycles. The second-order valence-electron chi connectivity index (χ2n) is 2.65. The van der Waals surface area contributed by atoms with Crippen LogP contribution in [0.1, 0.15) is 33.1 Å². The number of ether oxygens (including phenoxy) is 1. The number of carbonyl (C=O) groups is 1. The first-order chi connectivity index (χ1) is 6.31. The van der Waals surface area contributed by atoms with Crippen LogP contribution in [0.3, 0.4) is 0 Å². The zero-order chi connectivity index (χ0) is 9.94. The minimum absolute atomic E-state index is 0.242. The topological polar surface area (TPSA) is 26.3 Å². The van der Waals surface area contributed by atoms with Crippen LogP contribution >= 0.6 is 0 Å². The summed E-state index contributed by atoms with van der Waals surface area (Å²) in [5.74, 6) is -0.242. The molecule has 0 aliphatic heterocycles. The number of rotatable bonds is 6. The molecule has 0 atom stereocenters. The van der Waals surface area contributed by atoms with Crippen LogP contribution in [0.2, 0.25) is 0 Å². The van der Waals surface area contributed by atoms with E-state index in [2.05, 4.69) is 6.08 Å². The molecule has 0 fully saturated rings. The number of allylic oxidation sites excluding steroid dienone is 3. The first kappa shape index (κ1) is 11.9. The van der Waals surface area contributed by atoms with E-state index in [0.29, 0.717) is 6.61 Å². The molecule has 0 heterocycles. The van der Waals surface area contributed by atoms with Gasteiger partial charge < -0.3 is 4.74 Å². The molecule has 13 heavy (non-hydrogen) atoms. The second kappa shape index (κ2) is 9.04. The highest BCUT2D eigenvalue weighted by atomic mass is 16.5. The smallest absolute Gasteiger partial charge is 0.330 e. The first-order valence-electron chi connectivity index (χ1n) is 4.75.